The van der Waals surface area contributed by atoms with Crippen molar-refractivity contribution in [1.82, 2.24) is 15.5 Å². The Kier molecular flexibility index (Phi) is 5.93. The fourth-order valence-electron chi connectivity index (χ4n) is 2.48. The lowest BCUT2D eigenvalue weighted by Crippen LogP contribution is -2.26. The Balaban J connectivity index is 1.61. The predicted molar refractivity (Wildman–Crippen MR) is 106 cm³/mol. The van der Waals surface area contributed by atoms with Crippen LogP contribution in [-0.4, -0.2) is 22.0 Å². The highest BCUT2D eigenvalue weighted by Crippen LogP contribution is 2.16. The van der Waals surface area contributed by atoms with Gasteiger partial charge in [-0.3, -0.25) is 9.59 Å². The number of nitrogens with zero attached hydrogens (tertiary/aromatic N) is 2. The van der Waals surface area contributed by atoms with Crippen LogP contribution in [0.15, 0.2) is 54.6 Å². The van der Waals surface area contributed by atoms with E-state index >= 15 is 0 Å². The number of anilines is 1. The van der Waals surface area contributed by atoms with Crippen LogP contribution in [-0.2, 0) is 6.42 Å². The van der Waals surface area contributed by atoms with E-state index in [4.69, 9.17) is 0 Å². The zero-order valence-corrected chi connectivity index (χ0v) is 15.9. The number of rotatable bonds is 6. The molecule has 1 unspecified atom stereocenters. The Morgan fingerprint density at radius 3 is 2.33 bits per heavy atom. The summed E-state index contributed by atoms with van der Waals surface area (Å²) in [5.74, 6) is -0.469. The number of carbonyl (C=O) groups is 2. The van der Waals surface area contributed by atoms with Crippen molar-refractivity contribution in [3.05, 3.63) is 75.7 Å². The first-order valence-corrected chi connectivity index (χ1v) is 9.48. The van der Waals surface area contributed by atoms with Gasteiger partial charge >= 0.3 is 0 Å². The van der Waals surface area contributed by atoms with E-state index in [9.17, 15) is 9.59 Å². The highest BCUT2D eigenvalue weighted by molar-refractivity contribution is 7.13. The highest BCUT2D eigenvalue weighted by Gasteiger charge is 2.14. The van der Waals surface area contributed by atoms with E-state index in [0.717, 1.165) is 17.0 Å². The van der Waals surface area contributed by atoms with Crippen molar-refractivity contribution in [1.29, 1.82) is 0 Å². The number of amides is 2. The van der Waals surface area contributed by atoms with Crippen LogP contribution in [0.2, 0.25) is 0 Å². The molecule has 138 valence electrons. The quantitative estimate of drug-likeness (QED) is 0.680. The number of nitrogens with one attached hydrogen (secondary N) is 2. The van der Waals surface area contributed by atoms with Crippen molar-refractivity contribution < 1.29 is 9.59 Å². The number of hydrogen-bond donors (Lipinski definition) is 2. The van der Waals surface area contributed by atoms with E-state index in [1.807, 2.05) is 44.2 Å². The lowest BCUT2D eigenvalue weighted by atomic mass is 10.1. The van der Waals surface area contributed by atoms with Crippen LogP contribution in [0.3, 0.4) is 0 Å². The molecule has 6 nitrogen and oxygen atoms in total. The van der Waals surface area contributed by atoms with Crippen molar-refractivity contribution in [2.45, 2.75) is 26.3 Å². The van der Waals surface area contributed by atoms with Gasteiger partial charge in [0.1, 0.15) is 5.01 Å². The van der Waals surface area contributed by atoms with E-state index < -0.39 is 0 Å². The maximum Gasteiger partial charge on any atom is 0.286 e. The van der Waals surface area contributed by atoms with E-state index in [2.05, 4.69) is 20.8 Å². The fraction of sp³-hybridized carbons (Fsp3) is 0.200. The summed E-state index contributed by atoms with van der Waals surface area (Å²) in [4.78, 5) is 24.6. The molecule has 7 heteroatoms. The Morgan fingerprint density at radius 2 is 1.70 bits per heavy atom. The second-order valence-electron chi connectivity index (χ2n) is 5.99. The Hall–Kier alpha value is -3.06. The lowest BCUT2D eigenvalue weighted by Gasteiger charge is -2.14. The molecule has 0 aliphatic heterocycles. The van der Waals surface area contributed by atoms with E-state index in [0.29, 0.717) is 16.3 Å². The smallest absolute Gasteiger partial charge is 0.286 e. The molecule has 1 atom stereocenters. The van der Waals surface area contributed by atoms with Gasteiger partial charge in [0.25, 0.3) is 11.8 Å². The summed E-state index contributed by atoms with van der Waals surface area (Å²) in [6.45, 7) is 3.90. The van der Waals surface area contributed by atoms with Crippen molar-refractivity contribution >= 4 is 28.8 Å². The molecule has 0 radical (unpaired) electrons. The maximum atomic E-state index is 12.4. The molecule has 27 heavy (non-hydrogen) atoms. The zero-order chi connectivity index (χ0) is 19.2. The molecule has 0 spiro atoms. The molecule has 0 saturated carbocycles. The minimum Gasteiger partial charge on any atom is -0.346 e. The summed E-state index contributed by atoms with van der Waals surface area (Å²) in [6, 6.07) is 16.4. The summed E-state index contributed by atoms with van der Waals surface area (Å²) in [5.41, 5.74) is 2.17. The summed E-state index contributed by atoms with van der Waals surface area (Å²) in [5, 5.41) is 14.7. The standard InChI is InChI=1S/C20H20N4O2S/c1-3-17-23-24-20(27-17)19(26)22-16-11-9-15(10-12-16)18(25)21-13(2)14-7-5-4-6-8-14/h4-13H,3H2,1-2H3,(H,21,25)(H,22,26). The Labute approximate surface area is 161 Å². The lowest BCUT2D eigenvalue weighted by molar-refractivity contribution is 0.0939. The summed E-state index contributed by atoms with van der Waals surface area (Å²) in [6.07, 6.45) is 0.746. The van der Waals surface area contributed by atoms with Gasteiger partial charge in [0, 0.05) is 11.3 Å². The number of aryl methyl sites for hydroxylation is 1. The topological polar surface area (TPSA) is 84.0 Å². The molecule has 3 rings (SSSR count). The molecule has 2 N–H and O–H groups in total. The Morgan fingerprint density at radius 1 is 1.00 bits per heavy atom. The molecule has 0 bridgehead atoms. The average molecular weight is 380 g/mol. The number of aromatic nitrogens is 2. The summed E-state index contributed by atoms with van der Waals surface area (Å²) in [7, 11) is 0. The number of benzene rings is 2. The summed E-state index contributed by atoms with van der Waals surface area (Å²) < 4.78 is 0. The van der Waals surface area contributed by atoms with Gasteiger partial charge in [0.05, 0.1) is 6.04 Å². The monoisotopic (exact) mass is 380 g/mol. The third kappa shape index (κ3) is 4.77. The van der Waals surface area contributed by atoms with Gasteiger partial charge in [-0.15, -0.1) is 10.2 Å². The van der Waals surface area contributed by atoms with Gasteiger partial charge in [-0.2, -0.15) is 0 Å². The van der Waals surface area contributed by atoms with E-state index in [1.165, 1.54) is 11.3 Å². The van der Waals surface area contributed by atoms with Crippen molar-refractivity contribution in [2.75, 3.05) is 5.32 Å². The van der Waals surface area contributed by atoms with Crippen LogP contribution < -0.4 is 10.6 Å². The SMILES string of the molecule is CCc1nnc(C(=O)Nc2ccc(C(=O)NC(C)c3ccccc3)cc2)s1. The molecule has 0 fully saturated rings. The Bertz CT molecular complexity index is 923. The van der Waals surface area contributed by atoms with E-state index in [1.54, 1.807) is 24.3 Å². The van der Waals surface area contributed by atoms with Gasteiger partial charge in [0.2, 0.25) is 5.01 Å². The molecule has 1 aromatic heterocycles. The van der Waals surface area contributed by atoms with Gasteiger partial charge in [-0.1, -0.05) is 48.6 Å². The predicted octanol–water partition coefficient (Wildman–Crippen LogP) is 3.84. The zero-order valence-electron chi connectivity index (χ0n) is 15.1. The summed E-state index contributed by atoms with van der Waals surface area (Å²) >= 11 is 1.27. The number of carbonyl (C=O) groups excluding carboxylic acids is 2. The number of hydrogen-bond acceptors (Lipinski definition) is 5. The van der Waals surface area contributed by atoms with Crippen LogP contribution in [0, 0.1) is 0 Å². The molecular weight excluding hydrogens is 360 g/mol. The molecule has 2 aromatic carbocycles. The van der Waals surface area contributed by atoms with Gasteiger partial charge in [0.15, 0.2) is 0 Å². The first kappa shape index (κ1) is 18.7. The van der Waals surface area contributed by atoms with Crippen molar-refractivity contribution in [2.24, 2.45) is 0 Å². The van der Waals surface area contributed by atoms with Crippen LogP contribution in [0.25, 0.3) is 0 Å². The maximum absolute atomic E-state index is 12.4. The largest absolute Gasteiger partial charge is 0.346 e. The second-order valence-corrected chi connectivity index (χ2v) is 7.05. The molecule has 0 aliphatic carbocycles. The van der Waals surface area contributed by atoms with Crippen LogP contribution in [0.4, 0.5) is 5.69 Å². The van der Waals surface area contributed by atoms with Crippen molar-refractivity contribution in [3.63, 3.8) is 0 Å². The first-order chi connectivity index (χ1) is 13.1. The minimum atomic E-state index is -0.304. The molecule has 0 saturated heterocycles. The van der Waals surface area contributed by atoms with Crippen LogP contribution >= 0.6 is 11.3 Å². The van der Waals surface area contributed by atoms with Gasteiger partial charge < -0.3 is 10.6 Å². The molecule has 2 amide bonds. The third-order valence-electron chi connectivity index (χ3n) is 4.02. The van der Waals surface area contributed by atoms with Gasteiger partial charge in [-0.05, 0) is 43.2 Å². The van der Waals surface area contributed by atoms with Crippen molar-refractivity contribution in [3.8, 4) is 0 Å². The fourth-order valence-corrected chi connectivity index (χ4v) is 3.16. The minimum absolute atomic E-state index is 0.0942. The van der Waals surface area contributed by atoms with Crippen LogP contribution in [0.1, 0.15) is 50.6 Å². The molecular formula is C20H20N4O2S. The third-order valence-corrected chi connectivity index (χ3v) is 5.08. The first-order valence-electron chi connectivity index (χ1n) is 8.66. The van der Waals surface area contributed by atoms with Crippen LogP contribution in [0.5, 0.6) is 0 Å². The highest BCUT2D eigenvalue weighted by atomic mass is 32.1. The average Bonchev–Trinajstić information content (AvgIpc) is 3.18. The molecule has 3 aromatic rings. The second kappa shape index (κ2) is 8.55. The molecule has 1 heterocycles. The van der Waals surface area contributed by atoms with E-state index in [-0.39, 0.29) is 17.9 Å². The van der Waals surface area contributed by atoms with Gasteiger partial charge in [-0.25, -0.2) is 0 Å². The normalized spacial score (nSPS) is 11.6. The molecule has 0 aliphatic rings.